The minimum absolute atomic E-state index is 0.249. The number of tetrazole rings is 1. The first-order valence-electron chi connectivity index (χ1n) is 11.2. The number of nitrogens with zero attached hydrogens (tertiary/aromatic N) is 5. The van der Waals surface area contributed by atoms with Gasteiger partial charge < -0.3 is 11.1 Å². The number of aromatic nitrogens is 6. The van der Waals surface area contributed by atoms with E-state index in [1.165, 1.54) is 0 Å². The third kappa shape index (κ3) is 6.98. The summed E-state index contributed by atoms with van der Waals surface area (Å²) in [6, 6.07) is 6.07. The van der Waals surface area contributed by atoms with Gasteiger partial charge >= 0.3 is 0 Å². The van der Waals surface area contributed by atoms with Gasteiger partial charge in [-0.3, -0.25) is 4.79 Å². The number of nitrogen functional groups attached to an aromatic ring is 1. The van der Waals surface area contributed by atoms with E-state index in [1.54, 1.807) is 0 Å². The normalized spacial score (nSPS) is 12.0. The molecule has 2 aromatic heterocycles. The molecule has 3 rings (SSSR count). The summed E-state index contributed by atoms with van der Waals surface area (Å²) in [6.45, 7) is 4.14. The number of nitrogens with two attached hydrogens (primary N) is 1. The number of H-pyrrole nitrogens is 1. The summed E-state index contributed by atoms with van der Waals surface area (Å²) in [4.78, 5) is 20.7. The van der Waals surface area contributed by atoms with Gasteiger partial charge in [0.05, 0.1) is 0 Å². The first kappa shape index (κ1) is 24.6. The first-order chi connectivity index (χ1) is 16.0. The highest BCUT2D eigenvalue weighted by molar-refractivity contribution is 7.98. The van der Waals surface area contributed by atoms with Crippen LogP contribution in [0.2, 0.25) is 0 Å². The zero-order valence-electron chi connectivity index (χ0n) is 19.5. The minimum Gasteiger partial charge on any atom is -0.368 e. The molecule has 176 valence electrons. The number of anilines is 2. The maximum absolute atomic E-state index is 11.8. The van der Waals surface area contributed by atoms with Crippen molar-refractivity contribution >= 4 is 29.8 Å². The molecule has 2 heterocycles. The summed E-state index contributed by atoms with van der Waals surface area (Å²) in [7, 11) is 0. The minimum atomic E-state index is 0.249. The molecule has 1 aromatic carbocycles. The maximum atomic E-state index is 11.8. The van der Waals surface area contributed by atoms with Gasteiger partial charge in [-0.15, -0.1) is 10.2 Å². The van der Waals surface area contributed by atoms with Crippen LogP contribution in [0.5, 0.6) is 0 Å². The molecule has 0 saturated heterocycles. The van der Waals surface area contributed by atoms with Crippen LogP contribution in [0, 0.1) is 6.92 Å². The largest absolute Gasteiger partial charge is 0.368 e. The Morgan fingerprint density at radius 2 is 2.09 bits per heavy atom. The molecule has 3 aromatic rings. The van der Waals surface area contributed by atoms with Crippen molar-refractivity contribution in [2.24, 2.45) is 0 Å². The van der Waals surface area contributed by atoms with Crippen LogP contribution in [-0.4, -0.2) is 54.9 Å². The number of thioether (sulfide) groups is 1. The van der Waals surface area contributed by atoms with Crippen molar-refractivity contribution in [2.75, 3.05) is 23.1 Å². The maximum Gasteiger partial charge on any atom is 0.222 e. The summed E-state index contributed by atoms with van der Waals surface area (Å²) in [5.74, 6) is 2.67. The molecule has 0 bridgehead atoms. The molecule has 4 N–H and O–H groups in total. The lowest BCUT2D eigenvalue weighted by molar-refractivity contribution is 0.112. The molecule has 10 heteroatoms. The van der Waals surface area contributed by atoms with Crippen molar-refractivity contribution in [3.63, 3.8) is 0 Å². The van der Waals surface area contributed by atoms with Gasteiger partial charge in [-0.1, -0.05) is 43.2 Å². The Bertz CT molecular complexity index is 1030. The second kappa shape index (κ2) is 12.3. The lowest BCUT2D eigenvalue weighted by Crippen LogP contribution is -2.23. The van der Waals surface area contributed by atoms with Crippen LogP contribution in [0.25, 0.3) is 0 Å². The Morgan fingerprint density at radius 3 is 2.79 bits per heavy atom. The lowest BCUT2D eigenvalue weighted by Gasteiger charge is -2.22. The molecule has 0 saturated carbocycles. The number of hydrogen-bond donors (Lipinski definition) is 3. The van der Waals surface area contributed by atoms with Gasteiger partial charge in [-0.25, -0.2) is 4.98 Å². The Balaban J connectivity index is 1.91. The Labute approximate surface area is 198 Å². The van der Waals surface area contributed by atoms with Gasteiger partial charge in [0.25, 0.3) is 0 Å². The molecule has 33 heavy (non-hydrogen) atoms. The van der Waals surface area contributed by atoms with E-state index in [4.69, 9.17) is 5.73 Å². The van der Waals surface area contributed by atoms with E-state index >= 15 is 0 Å². The first-order valence-corrected chi connectivity index (χ1v) is 12.6. The number of aldehydes is 1. The monoisotopic (exact) mass is 468 g/mol. The van der Waals surface area contributed by atoms with E-state index in [9.17, 15) is 4.79 Å². The second-order valence-corrected chi connectivity index (χ2v) is 9.08. The Morgan fingerprint density at radius 1 is 1.24 bits per heavy atom. The average Bonchev–Trinajstić information content (AvgIpc) is 3.31. The number of rotatable bonds is 13. The molecule has 0 unspecified atom stereocenters. The second-order valence-electron chi connectivity index (χ2n) is 8.09. The molecular weight excluding hydrogens is 436 g/mol. The highest BCUT2D eigenvalue weighted by Gasteiger charge is 2.17. The molecule has 0 fully saturated rings. The fourth-order valence-corrected chi connectivity index (χ4v) is 4.33. The number of hydrogen-bond acceptors (Lipinski definition) is 9. The van der Waals surface area contributed by atoms with Gasteiger partial charge in [0.15, 0.2) is 5.82 Å². The summed E-state index contributed by atoms with van der Waals surface area (Å²) in [5.41, 5.74) is 10.3. The molecule has 0 spiro atoms. The third-order valence-corrected chi connectivity index (χ3v) is 6.25. The number of carbonyl (C=O) groups is 1. The van der Waals surface area contributed by atoms with Crippen LogP contribution in [0.15, 0.2) is 18.2 Å². The lowest BCUT2D eigenvalue weighted by atomic mass is 9.96. The van der Waals surface area contributed by atoms with Crippen LogP contribution in [0.1, 0.15) is 71.2 Å². The molecule has 0 aliphatic carbocycles. The van der Waals surface area contributed by atoms with Crippen molar-refractivity contribution in [3.05, 3.63) is 52.0 Å². The predicted molar refractivity (Wildman–Crippen MR) is 133 cm³/mol. The molecule has 0 radical (unpaired) electrons. The van der Waals surface area contributed by atoms with Gasteiger partial charge in [0.1, 0.15) is 12.1 Å². The van der Waals surface area contributed by atoms with E-state index in [1.807, 2.05) is 36.9 Å². The van der Waals surface area contributed by atoms with Crippen molar-refractivity contribution < 1.29 is 4.79 Å². The van der Waals surface area contributed by atoms with Crippen molar-refractivity contribution in [1.82, 2.24) is 30.6 Å². The van der Waals surface area contributed by atoms with E-state index < -0.39 is 0 Å². The molecular formula is C23H32N8OS. The molecule has 0 amide bonds. The molecule has 1 atom stereocenters. The topological polar surface area (TPSA) is 135 Å². The fourth-order valence-electron chi connectivity index (χ4n) is 3.81. The zero-order chi connectivity index (χ0) is 23.6. The van der Waals surface area contributed by atoms with Gasteiger partial charge in [0.2, 0.25) is 5.95 Å². The van der Waals surface area contributed by atoms with E-state index in [0.717, 1.165) is 65.9 Å². The molecule has 0 aliphatic rings. The Hall–Kier alpha value is -3.01. The van der Waals surface area contributed by atoms with Crippen LogP contribution < -0.4 is 11.1 Å². The summed E-state index contributed by atoms with van der Waals surface area (Å²) in [5, 5.41) is 17.8. The summed E-state index contributed by atoms with van der Waals surface area (Å²) >= 11 is 1.84. The van der Waals surface area contributed by atoms with Crippen LogP contribution in [0.3, 0.4) is 0 Å². The highest BCUT2D eigenvalue weighted by Crippen LogP contribution is 2.26. The quantitative estimate of drug-likeness (QED) is 0.321. The van der Waals surface area contributed by atoms with E-state index in [0.29, 0.717) is 30.3 Å². The number of aromatic amines is 1. The highest BCUT2D eigenvalue weighted by atomic mass is 32.2. The van der Waals surface area contributed by atoms with Crippen LogP contribution >= 0.6 is 11.8 Å². The number of nitrogens with one attached hydrogen (secondary N) is 2. The van der Waals surface area contributed by atoms with Gasteiger partial charge in [-0.05, 0) is 42.9 Å². The van der Waals surface area contributed by atoms with E-state index in [2.05, 4.69) is 49.1 Å². The smallest absolute Gasteiger partial charge is 0.222 e. The van der Waals surface area contributed by atoms with Gasteiger partial charge in [-0.2, -0.15) is 22.0 Å². The number of carbonyl (C=O) groups excluding carboxylic acids is 1. The number of benzene rings is 1. The Kier molecular flexibility index (Phi) is 9.17. The summed E-state index contributed by atoms with van der Waals surface area (Å²) < 4.78 is 0. The average molecular weight is 469 g/mol. The predicted octanol–water partition coefficient (Wildman–Crippen LogP) is 3.60. The van der Waals surface area contributed by atoms with Crippen molar-refractivity contribution in [2.45, 2.75) is 58.4 Å². The van der Waals surface area contributed by atoms with Gasteiger partial charge in [0, 0.05) is 35.7 Å². The molecule has 9 nitrogen and oxygen atoms in total. The SMILES string of the molecule is CCCC[C@@H](CCSC)Nc1nc(N)nc(C)c1Cc1cc(Cc2nn[nH]n2)ccc1C=O. The van der Waals surface area contributed by atoms with Crippen molar-refractivity contribution in [3.8, 4) is 0 Å². The van der Waals surface area contributed by atoms with Crippen LogP contribution in [0.4, 0.5) is 11.8 Å². The fraction of sp³-hybridized carbons (Fsp3) is 0.478. The third-order valence-electron chi connectivity index (χ3n) is 5.60. The van der Waals surface area contributed by atoms with E-state index in [-0.39, 0.29) is 5.95 Å². The van der Waals surface area contributed by atoms with Crippen LogP contribution in [-0.2, 0) is 12.8 Å². The van der Waals surface area contributed by atoms with Crippen molar-refractivity contribution in [1.29, 1.82) is 0 Å². The standard InChI is InChI=1S/C23H32N8OS/c1-4-5-6-19(9-10-33-3)26-22-20(15(2)25-23(24)27-22)13-18-11-16(7-8-17(18)14-32)12-21-28-30-31-29-21/h7-8,11,14,19H,4-6,9-10,12-13H2,1-3H3,(H3,24,25,26,27)(H,28,29,30,31)/t19-/m0/s1. The number of aryl methyl sites for hydroxylation is 1. The molecule has 0 aliphatic heterocycles. The number of unbranched alkanes of at least 4 members (excludes halogenated alkanes) is 1. The summed E-state index contributed by atoms with van der Waals surface area (Å²) in [6.07, 6.45) is 8.46. The zero-order valence-corrected chi connectivity index (χ0v) is 20.3.